The standard InChI is InChI=1S/C12H10N8OS/c1-7-5-9(20-11(16-7)14-6-15-20)22-12-18-17-10(19(12)13)8-3-2-4-21-8/h2-6H,13H2,1H3. The van der Waals surface area contributed by atoms with Crippen molar-refractivity contribution >= 4 is 17.5 Å². The zero-order chi connectivity index (χ0) is 15.1. The molecule has 0 aliphatic heterocycles. The number of rotatable bonds is 3. The molecule has 4 aromatic heterocycles. The summed E-state index contributed by atoms with van der Waals surface area (Å²) < 4.78 is 8.29. The maximum Gasteiger partial charge on any atom is 0.253 e. The number of nitrogens with two attached hydrogens (primary N) is 1. The van der Waals surface area contributed by atoms with E-state index in [0.29, 0.717) is 22.5 Å². The fourth-order valence-electron chi connectivity index (χ4n) is 1.98. The number of aryl methyl sites for hydroxylation is 1. The van der Waals surface area contributed by atoms with Crippen molar-refractivity contribution < 1.29 is 4.42 Å². The first-order valence-electron chi connectivity index (χ1n) is 6.32. The lowest BCUT2D eigenvalue weighted by Gasteiger charge is -2.04. The second-order valence-electron chi connectivity index (χ2n) is 4.46. The second-order valence-corrected chi connectivity index (χ2v) is 5.45. The molecule has 0 saturated carbocycles. The van der Waals surface area contributed by atoms with Crippen LogP contribution in [0.5, 0.6) is 0 Å². The van der Waals surface area contributed by atoms with Gasteiger partial charge in [0.2, 0.25) is 11.0 Å². The molecule has 10 heteroatoms. The van der Waals surface area contributed by atoms with Gasteiger partial charge in [-0.05, 0) is 36.9 Å². The molecule has 0 aliphatic carbocycles. The third-order valence-corrected chi connectivity index (χ3v) is 3.91. The summed E-state index contributed by atoms with van der Waals surface area (Å²) in [5.74, 6) is 7.58. The summed E-state index contributed by atoms with van der Waals surface area (Å²) in [4.78, 5) is 8.38. The first-order chi connectivity index (χ1) is 10.7. The van der Waals surface area contributed by atoms with Gasteiger partial charge in [0.25, 0.3) is 5.78 Å². The van der Waals surface area contributed by atoms with Crippen LogP contribution in [0.2, 0.25) is 0 Å². The number of furan rings is 1. The maximum absolute atomic E-state index is 6.05. The predicted octanol–water partition coefficient (Wildman–Crippen LogP) is 1.15. The molecule has 0 spiro atoms. The summed E-state index contributed by atoms with van der Waals surface area (Å²) in [6.07, 6.45) is 3.01. The van der Waals surface area contributed by atoms with Gasteiger partial charge in [0.15, 0.2) is 5.76 Å². The summed E-state index contributed by atoms with van der Waals surface area (Å²) in [7, 11) is 0. The number of hydrogen-bond donors (Lipinski definition) is 1. The van der Waals surface area contributed by atoms with Gasteiger partial charge in [-0.15, -0.1) is 10.2 Å². The molecular formula is C12H10N8OS. The van der Waals surface area contributed by atoms with Crippen LogP contribution in [0.4, 0.5) is 0 Å². The zero-order valence-electron chi connectivity index (χ0n) is 11.4. The van der Waals surface area contributed by atoms with E-state index in [9.17, 15) is 0 Å². The quantitative estimate of drug-likeness (QED) is 0.442. The highest BCUT2D eigenvalue weighted by molar-refractivity contribution is 7.99. The molecule has 0 saturated heterocycles. The van der Waals surface area contributed by atoms with Crippen molar-refractivity contribution in [2.75, 3.05) is 5.84 Å². The van der Waals surface area contributed by atoms with Crippen molar-refractivity contribution in [1.29, 1.82) is 0 Å². The van der Waals surface area contributed by atoms with Crippen LogP contribution in [-0.4, -0.2) is 34.5 Å². The zero-order valence-corrected chi connectivity index (χ0v) is 12.2. The maximum atomic E-state index is 6.05. The first kappa shape index (κ1) is 12.8. The fraction of sp³-hybridized carbons (Fsp3) is 0.0833. The van der Waals surface area contributed by atoms with E-state index in [2.05, 4.69) is 25.3 Å². The van der Waals surface area contributed by atoms with Gasteiger partial charge in [0.05, 0.1) is 6.26 Å². The largest absolute Gasteiger partial charge is 0.461 e. The molecule has 0 unspecified atom stereocenters. The Kier molecular flexibility index (Phi) is 2.82. The number of hydrogen-bond acceptors (Lipinski definition) is 8. The van der Waals surface area contributed by atoms with Crippen molar-refractivity contribution in [3.63, 3.8) is 0 Å². The normalized spacial score (nSPS) is 11.3. The number of aromatic nitrogens is 7. The molecular weight excluding hydrogens is 304 g/mol. The number of nitrogen functional groups attached to an aromatic ring is 1. The minimum Gasteiger partial charge on any atom is -0.461 e. The van der Waals surface area contributed by atoms with E-state index in [-0.39, 0.29) is 0 Å². The van der Waals surface area contributed by atoms with Gasteiger partial charge in [0.1, 0.15) is 11.4 Å². The minimum absolute atomic E-state index is 0.452. The molecule has 4 heterocycles. The average Bonchev–Trinajstić information content (AvgIpc) is 3.20. The lowest BCUT2D eigenvalue weighted by Crippen LogP contribution is -2.11. The van der Waals surface area contributed by atoms with Gasteiger partial charge < -0.3 is 10.3 Å². The minimum atomic E-state index is 0.452. The highest BCUT2D eigenvalue weighted by atomic mass is 32.2. The Morgan fingerprint density at radius 3 is 3.05 bits per heavy atom. The molecule has 0 radical (unpaired) electrons. The van der Waals surface area contributed by atoms with Gasteiger partial charge in [-0.3, -0.25) is 0 Å². The smallest absolute Gasteiger partial charge is 0.253 e. The van der Waals surface area contributed by atoms with Gasteiger partial charge in [0, 0.05) is 5.69 Å². The summed E-state index contributed by atoms with van der Waals surface area (Å²) in [5.41, 5.74) is 0.831. The van der Waals surface area contributed by atoms with Crippen molar-refractivity contribution in [2.24, 2.45) is 0 Å². The highest BCUT2D eigenvalue weighted by Crippen LogP contribution is 2.28. The Morgan fingerprint density at radius 2 is 2.23 bits per heavy atom. The van der Waals surface area contributed by atoms with Crippen LogP contribution >= 0.6 is 11.8 Å². The summed E-state index contributed by atoms with van der Waals surface area (Å²) >= 11 is 1.32. The third-order valence-electron chi connectivity index (χ3n) is 2.95. The first-order valence-corrected chi connectivity index (χ1v) is 7.13. The van der Waals surface area contributed by atoms with E-state index in [0.717, 1.165) is 10.7 Å². The molecule has 4 rings (SSSR count). The predicted molar refractivity (Wildman–Crippen MR) is 77.5 cm³/mol. The van der Waals surface area contributed by atoms with Crippen LogP contribution in [0.25, 0.3) is 17.4 Å². The van der Waals surface area contributed by atoms with E-state index in [1.807, 2.05) is 13.0 Å². The second kappa shape index (κ2) is 4.84. The molecule has 0 bridgehead atoms. The molecule has 0 amide bonds. The lowest BCUT2D eigenvalue weighted by molar-refractivity contribution is 0.574. The topological polar surface area (TPSA) is 113 Å². The summed E-state index contributed by atoms with van der Waals surface area (Å²) in [5, 5.41) is 13.6. The molecule has 110 valence electrons. The average molecular weight is 314 g/mol. The van der Waals surface area contributed by atoms with E-state index < -0.39 is 0 Å². The van der Waals surface area contributed by atoms with Crippen LogP contribution in [0, 0.1) is 6.92 Å². The number of nitrogens with zero attached hydrogens (tertiary/aromatic N) is 7. The Hall–Kier alpha value is -2.88. The molecule has 0 fully saturated rings. The van der Waals surface area contributed by atoms with Gasteiger partial charge in [-0.1, -0.05) is 0 Å². The van der Waals surface area contributed by atoms with Crippen molar-refractivity contribution in [3.8, 4) is 11.6 Å². The van der Waals surface area contributed by atoms with Crippen molar-refractivity contribution in [2.45, 2.75) is 17.1 Å². The molecule has 0 aromatic carbocycles. The van der Waals surface area contributed by atoms with Gasteiger partial charge in [-0.2, -0.15) is 14.6 Å². The van der Waals surface area contributed by atoms with Gasteiger partial charge in [-0.25, -0.2) is 9.66 Å². The van der Waals surface area contributed by atoms with Crippen LogP contribution < -0.4 is 5.84 Å². The van der Waals surface area contributed by atoms with Crippen molar-refractivity contribution in [1.82, 2.24) is 34.5 Å². The molecule has 22 heavy (non-hydrogen) atoms. The highest BCUT2D eigenvalue weighted by Gasteiger charge is 2.17. The molecule has 2 N–H and O–H groups in total. The lowest BCUT2D eigenvalue weighted by atomic mass is 10.4. The molecule has 0 aliphatic rings. The number of fused-ring (bicyclic) bond motifs is 1. The van der Waals surface area contributed by atoms with E-state index in [4.69, 9.17) is 10.3 Å². The summed E-state index contributed by atoms with van der Waals surface area (Å²) in [6, 6.07) is 5.42. The Bertz CT molecular complexity index is 942. The Balaban J connectivity index is 1.76. The third kappa shape index (κ3) is 2.00. The molecule has 0 atom stereocenters. The molecule has 9 nitrogen and oxygen atoms in total. The SMILES string of the molecule is Cc1cc(Sc2nnc(-c3ccco3)n2N)n2ncnc2n1. The van der Waals surface area contributed by atoms with E-state index >= 15 is 0 Å². The van der Waals surface area contributed by atoms with Crippen LogP contribution in [0.1, 0.15) is 5.69 Å². The molecule has 4 aromatic rings. The van der Waals surface area contributed by atoms with Gasteiger partial charge >= 0.3 is 0 Å². The summed E-state index contributed by atoms with van der Waals surface area (Å²) in [6.45, 7) is 1.89. The van der Waals surface area contributed by atoms with Crippen LogP contribution in [-0.2, 0) is 0 Å². The van der Waals surface area contributed by atoms with E-state index in [1.54, 1.807) is 22.9 Å². The van der Waals surface area contributed by atoms with Crippen molar-refractivity contribution in [3.05, 3.63) is 36.5 Å². The Labute approximate surface area is 128 Å². The van der Waals surface area contributed by atoms with E-state index in [1.165, 1.54) is 22.8 Å². The monoisotopic (exact) mass is 314 g/mol. The van der Waals surface area contributed by atoms with Crippen LogP contribution in [0.15, 0.2) is 45.4 Å². The Morgan fingerprint density at radius 1 is 1.32 bits per heavy atom. The van der Waals surface area contributed by atoms with Crippen LogP contribution in [0.3, 0.4) is 0 Å². The fourth-order valence-corrected chi connectivity index (χ4v) is 2.88.